The van der Waals surface area contributed by atoms with E-state index < -0.39 is 0 Å². The Labute approximate surface area is 91.3 Å². The summed E-state index contributed by atoms with van der Waals surface area (Å²) in [6.07, 6.45) is 2.10. The van der Waals surface area contributed by atoms with Crippen LogP contribution in [0, 0.1) is 5.92 Å². The first-order valence-electron chi connectivity index (χ1n) is 5.04. The first-order chi connectivity index (χ1) is 6.63. The molecule has 0 radical (unpaired) electrons. The quantitative estimate of drug-likeness (QED) is 0.756. The summed E-state index contributed by atoms with van der Waals surface area (Å²) in [4.78, 5) is 1.31. The van der Waals surface area contributed by atoms with Crippen LogP contribution in [0.25, 0.3) is 0 Å². The molecular weight excluding hydrogens is 190 g/mol. The molecule has 0 amide bonds. The van der Waals surface area contributed by atoms with Crippen LogP contribution in [-0.2, 0) is 0 Å². The molecule has 78 valence electrons. The van der Waals surface area contributed by atoms with Gasteiger partial charge in [-0.15, -0.1) is 11.8 Å². The zero-order valence-corrected chi connectivity index (χ0v) is 10.2. The second kappa shape index (κ2) is 5.30. The predicted octanol–water partition coefficient (Wildman–Crippen LogP) is 3.86. The van der Waals surface area contributed by atoms with Crippen molar-refractivity contribution in [3.63, 3.8) is 0 Å². The molecule has 1 nitrogen and oxygen atoms in total. The molecule has 0 aliphatic heterocycles. The van der Waals surface area contributed by atoms with Crippen LogP contribution in [0.3, 0.4) is 0 Å². The lowest BCUT2D eigenvalue weighted by Crippen LogP contribution is -2.21. The Morgan fingerprint density at radius 2 is 1.93 bits per heavy atom. The second-order valence-corrected chi connectivity index (χ2v) is 4.79. The van der Waals surface area contributed by atoms with Crippen molar-refractivity contribution in [1.82, 2.24) is 0 Å². The van der Waals surface area contributed by atoms with Gasteiger partial charge in [0, 0.05) is 16.6 Å². The lowest BCUT2D eigenvalue weighted by atomic mass is 10.1. The van der Waals surface area contributed by atoms with Crippen LogP contribution in [0.1, 0.15) is 20.8 Å². The highest BCUT2D eigenvalue weighted by Crippen LogP contribution is 2.20. The zero-order valence-electron chi connectivity index (χ0n) is 9.37. The smallest absolute Gasteiger partial charge is 0.0353 e. The van der Waals surface area contributed by atoms with Crippen molar-refractivity contribution in [2.24, 2.45) is 5.92 Å². The number of hydrogen-bond donors (Lipinski definition) is 1. The maximum Gasteiger partial charge on any atom is 0.0353 e. The second-order valence-electron chi connectivity index (χ2n) is 3.91. The van der Waals surface area contributed by atoms with E-state index >= 15 is 0 Å². The molecule has 2 heteroatoms. The molecule has 1 aromatic carbocycles. The van der Waals surface area contributed by atoms with Gasteiger partial charge in [0.05, 0.1) is 0 Å². The molecule has 0 saturated heterocycles. The number of thioether (sulfide) groups is 1. The van der Waals surface area contributed by atoms with Crippen LogP contribution in [-0.4, -0.2) is 12.3 Å². The minimum atomic E-state index is 0.520. The highest BCUT2D eigenvalue weighted by Gasteiger charge is 2.06. The van der Waals surface area contributed by atoms with E-state index in [1.165, 1.54) is 10.6 Å². The normalized spacial score (nSPS) is 12.9. The molecule has 0 aliphatic carbocycles. The monoisotopic (exact) mass is 209 g/mol. The van der Waals surface area contributed by atoms with E-state index in [1.807, 2.05) is 0 Å². The van der Waals surface area contributed by atoms with Gasteiger partial charge in [-0.25, -0.2) is 0 Å². The first-order valence-corrected chi connectivity index (χ1v) is 6.26. The molecule has 0 fully saturated rings. The van der Waals surface area contributed by atoms with Gasteiger partial charge < -0.3 is 5.32 Å². The average molecular weight is 209 g/mol. The highest BCUT2D eigenvalue weighted by atomic mass is 32.2. The van der Waals surface area contributed by atoms with E-state index in [-0.39, 0.29) is 0 Å². The summed E-state index contributed by atoms with van der Waals surface area (Å²) < 4.78 is 0. The molecule has 1 atom stereocenters. The van der Waals surface area contributed by atoms with Gasteiger partial charge in [0.2, 0.25) is 0 Å². The predicted molar refractivity (Wildman–Crippen MR) is 66.1 cm³/mol. The van der Waals surface area contributed by atoms with Crippen LogP contribution in [0.2, 0.25) is 0 Å². The van der Waals surface area contributed by atoms with Gasteiger partial charge in [-0.05, 0) is 37.3 Å². The number of rotatable bonds is 4. The van der Waals surface area contributed by atoms with Gasteiger partial charge in [0.1, 0.15) is 0 Å². The number of anilines is 1. The molecule has 14 heavy (non-hydrogen) atoms. The molecule has 0 saturated carbocycles. The summed E-state index contributed by atoms with van der Waals surface area (Å²) >= 11 is 1.78. The first kappa shape index (κ1) is 11.4. The van der Waals surface area contributed by atoms with Crippen LogP contribution < -0.4 is 5.32 Å². The Morgan fingerprint density at radius 3 is 2.50 bits per heavy atom. The van der Waals surface area contributed by atoms with Crippen molar-refractivity contribution < 1.29 is 0 Å². The van der Waals surface area contributed by atoms with Gasteiger partial charge in [-0.2, -0.15) is 0 Å². The molecule has 0 aliphatic rings. The summed E-state index contributed by atoms with van der Waals surface area (Å²) in [6.45, 7) is 6.68. The van der Waals surface area contributed by atoms with Crippen molar-refractivity contribution >= 4 is 17.4 Å². The average Bonchev–Trinajstić information content (AvgIpc) is 2.18. The minimum Gasteiger partial charge on any atom is -0.382 e. The molecule has 1 rings (SSSR count). The number of hydrogen-bond acceptors (Lipinski definition) is 2. The van der Waals surface area contributed by atoms with E-state index in [4.69, 9.17) is 0 Å². The summed E-state index contributed by atoms with van der Waals surface area (Å²) in [5, 5.41) is 3.50. The van der Waals surface area contributed by atoms with Gasteiger partial charge in [-0.3, -0.25) is 0 Å². The molecule has 0 aromatic heterocycles. The molecule has 1 N–H and O–H groups in total. The van der Waals surface area contributed by atoms with E-state index in [9.17, 15) is 0 Å². The Kier molecular flexibility index (Phi) is 4.33. The molecule has 0 heterocycles. The molecule has 1 aromatic rings. The maximum absolute atomic E-state index is 3.50. The molecular formula is C12H19NS. The van der Waals surface area contributed by atoms with E-state index in [0.29, 0.717) is 12.0 Å². The van der Waals surface area contributed by atoms with Gasteiger partial charge in [0.25, 0.3) is 0 Å². The summed E-state index contributed by atoms with van der Waals surface area (Å²) in [5.74, 6) is 0.660. The fraction of sp³-hybridized carbons (Fsp3) is 0.500. The minimum absolute atomic E-state index is 0.520. The fourth-order valence-corrected chi connectivity index (χ4v) is 1.60. The number of benzene rings is 1. The van der Waals surface area contributed by atoms with Crippen molar-refractivity contribution in [3.05, 3.63) is 24.3 Å². The Bertz CT molecular complexity index is 283. The van der Waals surface area contributed by atoms with Crippen LogP contribution in [0.5, 0.6) is 0 Å². The van der Waals surface area contributed by atoms with E-state index in [0.717, 1.165) is 0 Å². The fourth-order valence-electron chi connectivity index (χ4n) is 1.14. The molecule has 0 unspecified atom stereocenters. The lowest BCUT2D eigenvalue weighted by Gasteiger charge is -2.19. The zero-order chi connectivity index (χ0) is 10.6. The molecule has 0 spiro atoms. The SMILES string of the molecule is CSc1cccc(N[C@@H](C)C(C)C)c1. The maximum atomic E-state index is 3.50. The van der Waals surface area contributed by atoms with Gasteiger partial charge >= 0.3 is 0 Å². The molecule has 0 bridgehead atoms. The van der Waals surface area contributed by atoms with Crippen molar-refractivity contribution in [2.75, 3.05) is 11.6 Å². The van der Waals surface area contributed by atoms with E-state index in [2.05, 4.69) is 56.6 Å². The third-order valence-corrected chi connectivity index (χ3v) is 3.19. The Hall–Kier alpha value is -0.630. The van der Waals surface area contributed by atoms with E-state index in [1.54, 1.807) is 11.8 Å². The number of nitrogens with one attached hydrogen (secondary N) is 1. The summed E-state index contributed by atoms with van der Waals surface area (Å²) in [6, 6.07) is 9.08. The van der Waals surface area contributed by atoms with Crippen molar-refractivity contribution in [3.8, 4) is 0 Å². The highest BCUT2D eigenvalue weighted by molar-refractivity contribution is 7.98. The largest absolute Gasteiger partial charge is 0.382 e. The van der Waals surface area contributed by atoms with Crippen LogP contribution >= 0.6 is 11.8 Å². The standard InChI is InChI=1S/C12H19NS/c1-9(2)10(3)13-11-6-5-7-12(8-11)14-4/h5-10,13H,1-4H3/t10-/m0/s1. The third-order valence-electron chi connectivity index (χ3n) is 2.46. The lowest BCUT2D eigenvalue weighted by molar-refractivity contribution is 0.560. The van der Waals surface area contributed by atoms with Gasteiger partial charge in [0.15, 0.2) is 0 Å². The topological polar surface area (TPSA) is 12.0 Å². The summed E-state index contributed by atoms with van der Waals surface area (Å²) in [7, 11) is 0. The van der Waals surface area contributed by atoms with Crippen molar-refractivity contribution in [2.45, 2.75) is 31.7 Å². The Morgan fingerprint density at radius 1 is 1.21 bits per heavy atom. The Balaban J connectivity index is 2.66. The van der Waals surface area contributed by atoms with Crippen LogP contribution in [0.4, 0.5) is 5.69 Å². The summed E-state index contributed by atoms with van der Waals surface area (Å²) in [5.41, 5.74) is 1.22. The van der Waals surface area contributed by atoms with Crippen molar-refractivity contribution in [1.29, 1.82) is 0 Å². The van der Waals surface area contributed by atoms with Gasteiger partial charge in [-0.1, -0.05) is 19.9 Å². The van der Waals surface area contributed by atoms with Crippen LogP contribution in [0.15, 0.2) is 29.2 Å². The third kappa shape index (κ3) is 3.26.